The van der Waals surface area contributed by atoms with Crippen molar-refractivity contribution in [2.75, 3.05) is 6.54 Å². The minimum absolute atomic E-state index is 0.0817. The van der Waals surface area contributed by atoms with Crippen LogP contribution < -0.4 is 5.32 Å². The molecular formula is C18H21N5O4S. The second-order valence-corrected chi connectivity index (χ2v) is 7.53. The molecule has 0 spiro atoms. The molecule has 2 N–H and O–H groups in total. The van der Waals surface area contributed by atoms with Crippen molar-refractivity contribution in [2.24, 2.45) is 0 Å². The van der Waals surface area contributed by atoms with E-state index in [4.69, 9.17) is 9.52 Å². The molecule has 1 amide bonds. The third-order valence-electron chi connectivity index (χ3n) is 4.12. The number of aromatic carboxylic acids is 1. The van der Waals surface area contributed by atoms with Crippen LogP contribution in [0.3, 0.4) is 0 Å². The zero-order valence-electron chi connectivity index (χ0n) is 15.6. The number of nitrogens with zero attached hydrogens (tertiary/aromatic N) is 4. The summed E-state index contributed by atoms with van der Waals surface area (Å²) in [6, 6.07) is 1.42. The average molecular weight is 403 g/mol. The van der Waals surface area contributed by atoms with Crippen molar-refractivity contribution >= 4 is 23.2 Å². The molecule has 3 rings (SSSR count). The van der Waals surface area contributed by atoms with Crippen molar-refractivity contribution in [3.63, 3.8) is 0 Å². The highest BCUT2D eigenvalue weighted by molar-refractivity contribution is 7.13. The van der Waals surface area contributed by atoms with E-state index in [1.165, 1.54) is 23.7 Å². The lowest BCUT2D eigenvalue weighted by molar-refractivity contribution is 0.0694. The fourth-order valence-corrected chi connectivity index (χ4v) is 3.62. The van der Waals surface area contributed by atoms with Crippen molar-refractivity contribution in [1.82, 2.24) is 25.3 Å². The summed E-state index contributed by atoms with van der Waals surface area (Å²) in [5.74, 6) is -0.781. The van der Waals surface area contributed by atoms with Crippen LogP contribution in [0.15, 0.2) is 22.9 Å². The summed E-state index contributed by atoms with van der Waals surface area (Å²) in [5.41, 5.74) is 1.70. The summed E-state index contributed by atoms with van der Waals surface area (Å²) in [5, 5.41) is 21.0. The van der Waals surface area contributed by atoms with Crippen molar-refractivity contribution in [1.29, 1.82) is 0 Å². The number of carbonyl (C=O) groups is 2. The molecule has 0 atom stereocenters. The quantitative estimate of drug-likeness (QED) is 0.526. The Hall–Kier alpha value is -3.01. The van der Waals surface area contributed by atoms with Crippen molar-refractivity contribution in [3.05, 3.63) is 51.1 Å². The summed E-state index contributed by atoms with van der Waals surface area (Å²) in [6.45, 7) is 4.52. The summed E-state index contributed by atoms with van der Waals surface area (Å²) < 4.78 is 6.76. The van der Waals surface area contributed by atoms with Gasteiger partial charge in [0.1, 0.15) is 22.7 Å². The molecule has 0 saturated carbocycles. The molecule has 0 aliphatic rings. The maximum absolute atomic E-state index is 12.1. The van der Waals surface area contributed by atoms with Gasteiger partial charge < -0.3 is 14.8 Å². The third-order valence-corrected chi connectivity index (χ3v) is 5.19. The van der Waals surface area contributed by atoms with Gasteiger partial charge in [0.25, 0.3) is 5.91 Å². The van der Waals surface area contributed by atoms with Gasteiger partial charge in [-0.25, -0.2) is 14.5 Å². The molecule has 3 heterocycles. The first-order chi connectivity index (χ1) is 13.4. The van der Waals surface area contributed by atoms with Crippen LogP contribution in [0.5, 0.6) is 0 Å². The average Bonchev–Trinajstić information content (AvgIpc) is 3.35. The number of hydrogen-bond acceptors (Lipinski definition) is 7. The van der Waals surface area contributed by atoms with Gasteiger partial charge in [-0.05, 0) is 39.2 Å². The SMILES string of the molecule is Cc1nc(C)c(C(=O)NCCCCc2cn(Cc3occc3C(=O)O)nn2)s1. The molecule has 0 unspecified atom stereocenters. The van der Waals surface area contributed by atoms with E-state index >= 15 is 0 Å². The van der Waals surface area contributed by atoms with Gasteiger partial charge in [0.2, 0.25) is 0 Å². The number of unbranched alkanes of at least 4 members (excludes halogenated alkanes) is 1. The van der Waals surface area contributed by atoms with Gasteiger partial charge in [-0.2, -0.15) is 0 Å². The Morgan fingerprint density at radius 3 is 2.86 bits per heavy atom. The molecule has 0 aliphatic carbocycles. The number of carbonyl (C=O) groups excluding carboxylic acids is 1. The fourth-order valence-electron chi connectivity index (χ4n) is 2.79. The molecule has 3 aromatic rings. The van der Waals surface area contributed by atoms with Crippen LogP contribution in [-0.2, 0) is 13.0 Å². The molecule has 28 heavy (non-hydrogen) atoms. The number of thiazole rings is 1. The van der Waals surface area contributed by atoms with Crippen LogP contribution in [0.1, 0.15) is 55.0 Å². The zero-order chi connectivity index (χ0) is 20.1. The van der Waals surface area contributed by atoms with Gasteiger partial charge in [0, 0.05) is 12.7 Å². The van der Waals surface area contributed by atoms with Crippen LogP contribution in [0, 0.1) is 13.8 Å². The van der Waals surface area contributed by atoms with E-state index in [1.54, 1.807) is 10.9 Å². The minimum atomic E-state index is -1.03. The van der Waals surface area contributed by atoms with Gasteiger partial charge in [0.05, 0.1) is 22.7 Å². The monoisotopic (exact) mass is 403 g/mol. The Morgan fingerprint density at radius 1 is 1.32 bits per heavy atom. The number of rotatable bonds is 9. The Morgan fingerprint density at radius 2 is 2.14 bits per heavy atom. The normalized spacial score (nSPS) is 10.9. The Kier molecular flexibility index (Phi) is 6.19. The number of carboxylic acids is 1. The number of carboxylic acid groups (broad SMARTS) is 1. The van der Waals surface area contributed by atoms with Crippen LogP contribution in [0.2, 0.25) is 0 Å². The number of aromatic nitrogens is 4. The van der Waals surface area contributed by atoms with Crippen LogP contribution in [0.25, 0.3) is 0 Å². The first kappa shape index (κ1) is 19.7. The highest BCUT2D eigenvalue weighted by Gasteiger charge is 2.15. The lowest BCUT2D eigenvalue weighted by Crippen LogP contribution is -2.24. The Balaban J connectivity index is 1.41. The summed E-state index contributed by atoms with van der Waals surface area (Å²) in [6.07, 6.45) is 5.51. The lowest BCUT2D eigenvalue weighted by atomic mass is 10.2. The van der Waals surface area contributed by atoms with Crippen LogP contribution in [0.4, 0.5) is 0 Å². The third kappa shape index (κ3) is 4.83. The summed E-state index contributed by atoms with van der Waals surface area (Å²) >= 11 is 1.40. The fraction of sp³-hybridized carbons (Fsp3) is 0.389. The van der Waals surface area contributed by atoms with E-state index in [0.717, 1.165) is 35.7 Å². The standard InChI is InChI=1S/C18H21N5O4S/c1-11-16(28-12(2)20-11)17(24)19-7-4-3-5-13-9-23(22-21-13)10-15-14(18(25)26)6-8-27-15/h6,8-9H,3-5,7,10H2,1-2H3,(H,19,24)(H,25,26). The number of furan rings is 1. The lowest BCUT2D eigenvalue weighted by Gasteiger charge is -2.03. The predicted octanol–water partition coefficient (Wildman–Crippen LogP) is 2.44. The Labute approximate surface area is 165 Å². The van der Waals surface area contributed by atoms with E-state index in [-0.39, 0.29) is 18.0 Å². The van der Waals surface area contributed by atoms with Crippen molar-refractivity contribution < 1.29 is 19.1 Å². The summed E-state index contributed by atoms with van der Waals surface area (Å²) in [7, 11) is 0. The van der Waals surface area contributed by atoms with Gasteiger partial charge in [-0.1, -0.05) is 5.21 Å². The molecule has 10 heteroatoms. The smallest absolute Gasteiger partial charge is 0.339 e. The Bertz CT molecular complexity index is 974. The maximum Gasteiger partial charge on any atom is 0.339 e. The van der Waals surface area contributed by atoms with Gasteiger partial charge >= 0.3 is 5.97 Å². The van der Waals surface area contributed by atoms with Gasteiger partial charge in [-0.15, -0.1) is 16.4 Å². The highest BCUT2D eigenvalue weighted by Crippen LogP contribution is 2.16. The first-order valence-electron chi connectivity index (χ1n) is 8.85. The molecule has 0 radical (unpaired) electrons. The first-order valence-corrected chi connectivity index (χ1v) is 9.66. The molecule has 3 aromatic heterocycles. The van der Waals surface area contributed by atoms with E-state index < -0.39 is 5.97 Å². The second kappa shape index (κ2) is 8.79. The van der Waals surface area contributed by atoms with Crippen LogP contribution in [-0.4, -0.2) is 43.5 Å². The topological polar surface area (TPSA) is 123 Å². The van der Waals surface area contributed by atoms with E-state index in [2.05, 4.69) is 20.6 Å². The number of aryl methyl sites for hydroxylation is 3. The molecular weight excluding hydrogens is 382 g/mol. The minimum Gasteiger partial charge on any atom is -0.478 e. The highest BCUT2D eigenvalue weighted by atomic mass is 32.1. The molecule has 0 fully saturated rings. The number of hydrogen-bond donors (Lipinski definition) is 2. The molecule has 148 valence electrons. The molecule has 0 aliphatic heterocycles. The summed E-state index contributed by atoms with van der Waals surface area (Å²) in [4.78, 5) is 28.2. The predicted molar refractivity (Wildman–Crippen MR) is 102 cm³/mol. The molecule has 0 bridgehead atoms. The van der Waals surface area contributed by atoms with E-state index in [0.29, 0.717) is 17.2 Å². The van der Waals surface area contributed by atoms with Gasteiger partial charge in [-0.3, -0.25) is 4.79 Å². The zero-order valence-corrected chi connectivity index (χ0v) is 16.5. The van der Waals surface area contributed by atoms with E-state index in [1.807, 2.05) is 13.8 Å². The number of amides is 1. The van der Waals surface area contributed by atoms with Crippen LogP contribution >= 0.6 is 11.3 Å². The molecule has 0 saturated heterocycles. The van der Waals surface area contributed by atoms with Crippen molar-refractivity contribution in [3.8, 4) is 0 Å². The van der Waals surface area contributed by atoms with E-state index in [9.17, 15) is 9.59 Å². The molecule has 0 aromatic carbocycles. The number of nitrogens with one attached hydrogen (secondary N) is 1. The largest absolute Gasteiger partial charge is 0.478 e. The van der Waals surface area contributed by atoms with Gasteiger partial charge in [0.15, 0.2) is 0 Å². The maximum atomic E-state index is 12.1. The second-order valence-electron chi connectivity index (χ2n) is 6.33. The molecule has 9 nitrogen and oxygen atoms in total. The van der Waals surface area contributed by atoms with Crippen molar-refractivity contribution in [2.45, 2.75) is 39.7 Å².